The summed E-state index contributed by atoms with van der Waals surface area (Å²) in [5.74, 6) is 0.984. The summed E-state index contributed by atoms with van der Waals surface area (Å²) in [6, 6.07) is 16.1. The van der Waals surface area contributed by atoms with Gasteiger partial charge in [0.15, 0.2) is 0 Å². The molecule has 1 N–H and O–H groups in total. The van der Waals surface area contributed by atoms with Gasteiger partial charge >= 0.3 is 12.1 Å². The summed E-state index contributed by atoms with van der Waals surface area (Å²) in [4.78, 5) is 31.4. The SMILES string of the molecule is CC(C)CNC[C@H]1OC(C)(C)N(C(=O)OC(C)(C)C)[C@H]1Cc1ccc(OCc2ccccc2-c2sc3c(c2C(=O)OC(C)(C)C)CC(C)(C)CC3)cc1. The first-order valence-corrected chi connectivity index (χ1v) is 20.0. The maximum Gasteiger partial charge on any atom is 0.412 e. The largest absolute Gasteiger partial charge is 0.489 e. The molecule has 2 aliphatic rings. The molecule has 2 heterocycles. The molecule has 9 heteroatoms. The molecule has 3 aromatic rings. The summed E-state index contributed by atoms with van der Waals surface area (Å²) in [5.41, 5.74) is 3.01. The van der Waals surface area contributed by atoms with Crippen molar-refractivity contribution in [1.82, 2.24) is 10.2 Å². The zero-order chi connectivity index (χ0) is 38.9. The van der Waals surface area contributed by atoms with E-state index in [1.54, 1.807) is 16.2 Å². The van der Waals surface area contributed by atoms with Crippen molar-refractivity contribution in [2.24, 2.45) is 11.3 Å². The number of benzene rings is 2. The van der Waals surface area contributed by atoms with Gasteiger partial charge in [0.25, 0.3) is 0 Å². The van der Waals surface area contributed by atoms with E-state index in [1.807, 2.05) is 79.7 Å². The number of carbonyl (C=O) groups excluding carboxylic acids is 2. The van der Waals surface area contributed by atoms with Crippen LogP contribution in [0.25, 0.3) is 10.4 Å². The summed E-state index contributed by atoms with van der Waals surface area (Å²) >= 11 is 1.73. The molecule has 0 radical (unpaired) electrons. The Morgan fingerprint density at radius 2 is 1.62 bits per heavy atom. The van der Waals surface area contributed by atoms with Gasteiger partial charge in [-0.1, -0.05) is 64.1 Å². The molecule has 1 aliphatic carbocycles. The summed E-state index contributed by atoms with van der Waals surface area (Å²) in [7, 11) is 0. The van der Waals surface area contributed by atoms with E-state index < -0.39 is 16.9 Å². The number of thiophene rings is 1. The standard InChI is InChI=1S/C44H62N2O6S/c1-28(2)25-45-26-35-34(46(44(11,12)50-35)40(48)52-42(6,7)8)23-29-17-19-31(20-18-29)49-27-30-15-13-14-16-32(30)38-37(39(47)51-41(3,4)5)33-24-43(9,10)22-21-36(33)53-38/h13-20,28,34-35,45H,21-27H2,1-12H3/t34-,35+/m0/s1. The molecule has 0 saturated carbocycles. The van der Waals surface area contributed by atoms with E-state index in [1.165, 1.54) is 4.88 Å². The molecule has 8 nitrogen and oxygen atoms in total. The summed E-state index contributed by atoms with van der Waals surface area (Å²) in [6.45, 7) is 26.0. The third-order valence-corrected chi connectivity index (χ3v) is 11.0. The lowest BCUT2D eigenvalue weighted by Gasteiger charge is -2.35. The van der Waals surface area contributed by atoms with Crippen molar-refractivity contribution >= 4 is 23.4 Å². The number of nitrogens with zero attached hydrogens (tertiary/aromatic N) is 1. The number of fused-ring (bicyclic) bond motifs is 1. The van der Waals surface area contributed by atoms with Crippen molar-refractivity contribution in [3.05, 3.63) is 75.7 Å². The molecule has 1 fully saturated rings. The second-order valence-electron chi connectivity index (χ2n) is 18.4. The van der Waals surface area contributed by atoms with Crippen molar-refractivity contribution < 1.29 is 28.5 Å². The lowest BCUT2D eigenvalue weighted by atomic mass is 9.76. The Hall–Kier alpha value is -3.40. The van der Waals surface area contributed by atoms with Gasteiger partial charge in [0.05, 0.1) is 17.7 Å². The predicted molar refractivity (Wildman–Crippen MR) is 214 cm³/mol. The third-order valence-electron chi connectivity index (χ3n) is 9.67. The molecule has 0 unspecified atom stereocenters. The molecule has 1 saturated heterocycles. The molecule has 1 aliphatic heterocycles. The second kappa shape index (κ2) is 15.8. The number of carbonyl (C=O) groups is 2. The number of nitrogens with one attached hydrogen (secondary N) is 1. The van der Waals surface area contributed by atoms with Gasteiger partial charge < -0.3 is 24.3 Å². The molecular weight excluding hydrogens is 685 g/mol. The van der Waals surface area contributed by atoms with Gasteiger partial charge in [-0.05, 0) is 133 Å². The van der Waals surface area contributed by atoms with Gasteiger partial charge in [-0.25, -0.2) is 9.59 Å². The first kappa shape index (κ1) is 40.8. The molecular formula is C44H62N2O6S. The summed E-state index contributed by atoms with van der Waals surface area (Å²) < 4.78 is 24.8. The highest BCUT2D eigenvalue weighted by atomic mass is 32.1. The van der Waals surface area contributed by atoms with E-state index >= 15 is 0 Å². The van der Waals surface area contributed by atoms with Crippen LogP contribution in [-0.2, 0) is 40.1 Å². The Morgan fingerprint density at radius 1 is 0.962 bits per heavy atom. The molecule has 290 valence electrons. The Bertz CT molecular complexity index is 1740. The first-order chi connectivity index (χ1) is 24.6. The van der Waals surface area contributed by atoms with Crippen LogP contribution in [0.2, 0.25) is 0 Å². The number of hydrogen-bond acceptors (Lipinski definition) is 8. The molecule has 0 bridgehead atoms. The zero-order valence-corrected chi connectivity index (χ0v) is 34.9. The van der Waals surface area contributed by atoms with Crippen LogP contribution < -0.4 is 10.1 Å². The van der Waals surface area contributed by atoms with Gasteiger partial charge in [-0.3, -0.25) is 4.90 Å². The molecule has 1 aromatic heterocycles. The van der Waals surface area contributed by atoms with E-state index in [0.29, 0.717) is 31.1 Å². The molecule has 53 heavy (non-hydrogen) atoms. The normalized spacial score (nSPS) is 19.6. The topological polar surface area (TPSA) is 86.3 Å². The van der Waals surface area contributed by atoms with Crippen LogP contribution >= 0.6 is 11.3 Å². The minimum Gasteiger partial charge on any atom is -0.489 e. The van der Waals surface area contributed by atoms with E-state index in [2.05, 4.69) is 57.3 Å². The van der Waals surface area contributed by atoms with Crippen LogP contribution in [0.5, 0.6) is 5.75 Å². The lowest BCUT2D eigenvalue weighted by Crippen LogP contribution is -2.51. The molecule has 2 atom stereocenters. The monoisotopic (exact) mass is 746 g/mol. The highest BCUT2D eigenvalue weighted by Crippen LogP contribution is 2.46. The van der Waals surface area contributed by atoms with E-state index in [4.69, 9.17) is 18.9 Å². The average Bonchev–Trinajstić information content (AvgIpc) is 3.51. The Kier molecular flexibility index (Phi) is 12.1. The fraction of sp³-hybridized carbons (Fsp3) is 0.591. The Morgan fingerprint density at radius 3 is 2.26 bits per heavy atom. The summed E-state index contributed by atoms with van der Waals surface area (Å²) in [5, 5.41) is 3.53. The first-order valence-electron chi connectivity index (χ1n) is 19.2. The van der Waals surface area contributed by atoms with E-state index in [9.17, 15) is 9.59 Å². The molecule has 2 aromatic carbocycles. The highest BCUT2D eigenvalue weighted by Gasteiger charge is 2.51. The number of aryl methyl sites for hydroxylation is 1. The Labute approximate surface area is 321 Å². The van der Waals surface area contributed by atoms with Gasteiger partial charge in [0.2, 0.25) is 0 Å². The van der Waals surface area contributed by atoms with Crippen LogP contribution in [0.1, 0.15) is 121 Å². The van der Waals surface area contributed by atoms with E-state index in [-0.39, 0.29) is 29.6 Å². The zero-order valence-electron chi connectivity index (χ0n) is 34.1. The smallest absolute Gasteiger partial charge is 0.412 e. The average molecular weight is 747 g/mol. The molecule has 1 amide bonds. The highest BCUT2D eigenvalue weighted by molar-refractivity contribution is 7.16. The minimum absolute atomic E-state index is 0.122. The van der Waals surface area contributed by atoms with Crippen LogP contribution in [0.4, 0.5) is 4.79 Å². The molecule has 0 spiro atoms. The van der Waals surface area contributed by atoms with Crippen LogP contribution in [0, 0.1) is 11.3 Å². The fourth-order valence-electron chi connectivity index (χ4n) is 7.30. The maximum absolute atomic E-state index is 13.8. The number of esters is 1. The van der Waals surface area contributed by atoms with Crippen molar-refractivity contribution in [1.29, 1.82) is 0 Å². The van der Waals surface area contributed by atoms with Crippen molar-refractivity contribution in [2.75, 3.05) is 13.1 Å². The third kappa shape index (κ3) is 10.4. The van der Waals surface area contributed by atoms with Gasteiger partial charge in [-0.2, -0.15) is 0 Å². The van der Waals surface area contributed by atoms with Gasteiger partial charge in [-0.15, -0.1) is 11.3 Å². The van der Waals surface area contributed by atoms with Crippen molar-refractivity contribution in [3.63, 3.8) is 0 Å². The minimum atomic E-state index is -0.824. The number of rotatable bonds is 11. The van der Waals surface area contributed by atoms with Gasteiger partial charge in [0.1, 0.15) is 29.3 Å². The van der Waals surface area contributed by atoms with Crippen molar-refractivity contribution in [3.8, 4) is 16.2 Å². The quantitative estimate of drug-likeness (QED) is 0.196. The van der Waals surface area contributed by atoms with E-state index in [0.717, 1.165) is 58.7 Å². The van der Waals surface area contributed by atoms with Gasteiger partial charge in [0, 0.05) is 16.3 Å². The number of ether oxygens (including phenoxy) is 4. The van der Waals surface area contributed by atoms with Crippen LogP contribution in [0.3, 0.4) is 0 Å². The van der Waals surface area contributed by atoms with Crippen LogP contribution in [0.15, 0.2) is 48.5 Å². The molecule has 5 rings (SSSR count). The maximum atomic E-state index is 13.8. The number of amides is 1. The Balaban J connectivity index is 1.36. The predicted octanol–water partition coefficient (Wildman–Crippen LogP) is 9.99. The fourth-order valence-corrected chi connectivity index (χ4v) is 8.66. The number of hydrogen-bond donors (Lipinski definition) is 1. The lowest BCUT2D eigenvalue weighted by molar-refractivity contribution is -0.0782. The van der Waals surface area contributed by atoms with Crippen LogP contribution in [-0.4, -0.2) is 59.1 Å². The van der Waals surface area contributed by atoms with Crippen molar-refractivity contribution in [2.45, 2.75) is 144 Å². The second-order valence-corrected chi connectivity index (χ2v) is 19.5. The summed E-state index contributed by atoms with van der Waals surface area (Å²) in [6.07, 6.45) is 2.93.